The number of ether oxygens (including phenoxy) is 2. The van der Waals surface area contributed by atoms with E-state index >= 15 is 0 Å². The molecule has 0 aliphatic heterocycles. The van der Waals surface area contributed by atoms with Crippen molar-refractivity contribution in [1.82, 2.24) is 0 Å². The van der Waals surface area contributed by atoms with E-state index in [1.54, 1.807) is 36.4 Å². The molecule has 1 N–H and O–H groups in total. The van der Waals surface area contributed by atoms with Crippen LogP contribution in [0.1, 0.15) is 16.7 Å². The fourth-order valence-corrected chi connectivity index (χ4v) is 3.06. The highest BCUT2D eigenvalue weighted by atomic mass is 35.5. The summed E-state index contributed by atoms with van der Waals surface area (Å²) in [5.74, 6) is 0.393. The molecular formula is C25H21ClN2O3. The monoisotopic (exact) mass is 432 g/mol. The molecule has 0 fully saturated rings. The second-order valence-electron chi connectivity index (χ2n) is 6.75. The zero-order chi connectivity index (χ0) is 22.2. The number of benzene rings is 3. The minimum absolute atomic E-state index is 0.0589. The minimum Gasteiger partial charge on any atom is -0.493 e. The van der Waals surface area contributed by atoms with E-state index < -0.39 is 5.91 Å². The number of anilines is 1. The van der Waals surface area contributed by atoms with Gasteiger partial charge in [-0.2, -0.15) is 5.26 Å². The maximum Gasteiger partial charge on any atom is 0.266 e. The highest BCUT2D eigenvalue weighted by molar-refractivity contribution is 6.31. The number of methoxy groups -OCH3 is 1. The predicted molar refractivity (Wildman–Crippen MR) is 122 cm³/mol. The topological polar surface area (TPSA) is 71.3 Å². The number of carbonyl (C=O) groups is 1. The van der Waals surface area contributed by atoms with Gasteiger partial charge in [-0.1, -0.05) is 59.6 Å². The second-order valence-corrected chi connectivity index (χ2v) is 7.16. The van der Waals surface area contributed by atoms with Crippen LogP contribution in [-0.2, 0) is 11.4 Å². The Morgan fingerprint density at radius 3 is 2.52 bits per heavy atom. The molecule has 6 heteroatoms. The summed E-state index contributed by atoms with van der Waals surface area (Å²) in [5, 5.41) is 12.9. The van der Waals surface area contributed by atoms with E-state index in [9.17, 15) is 10.1 Å². The third kappa shape index (κ3) is 5.65. The predicted octanol–water partition coefficient (Wildman–Crippen LogP) is 5.78. The number of amides is 1. The van der Waals surface area contributed by atoms with Crippen molar-refractivity contribution in [3.05, 3.63) is 94.0 Å². The summed E-state index contributed by atoms with van der Waals surface area (Å²) in [4.78, 5) is 12.6. The van der Waals surface area contributed by atoms with Gasteiger partial charge in [-0.05, 0) is 37.3 Å². The van der Waals surface area contributed by atoms with Crippen molar-refractivity contribution >= 4 is 29.3 Å². The molecule has 1 amide bonds. The number of halogens is 1. The number of rotatable bonds is 7. The average Bonchev–Trinajstić information content (AvgIpc) is 2.78. The van der Waals surface area contributed by atoms with E-state index in [0.29, 0.717) is 27.8 Å². The maximum absolute atomic E-state index is 12.6. The molecule has 0 atom stereocenters. The van der Waals surface area contributed by atoms with E-state index in [1.165, 1.54) is 13.2 Å². The van der Waals surface area contributed by atoms with Crippen LogP contribution < -0.4 is 14.8 Å². The molecular weight excluding hydrogens is 412 g/mol. The third-order valence-electron chi connectivity index (χ3n) is 4.53. The lowest BCUT2D eigenvalue weighted by Crippen LogP contribution is -2.13. The summed E-state index contributed by atoms with van der Waals surface area (Å²) in [6, 6.07) is 21.9. The van der Waals surface area contributed by atoms with E-state index in [4.69, 9.17) is 21.1 Å². The molecule has 0 aromatic heterocycles. The zero-order valence-corrected chi connectivity index (χ0v) is 17.9. The smallest absolute Gasteiger partial charge is 0.266 e. The first-order chi connectivity index (χ1) is 15.0. The fraction of sp³-hybridized carbons (Fsp3) is 0.120. The number of nitrogens with one attached hydrogen (secondary N) is 1. The average molecular weight is 433 g/mol. The summed E-state index contributed by atoms with van der Waals surface area (Å²) >= 11 is 6.22. The number of carbonyl (C=O) groups excluding carboxylic acids is 1. The van der Waals surface area contributed by atoms with Crippen molar-refractivity contribution in [2.75, 3.05) is 12.4 Å². The van der Waals surface area contributed by atoms with Gasteiger partial charge in [-0.25, -0.2) is 0 Å². The van der Waals surface area contributed by atoms with Gasteiger partial charge in [-0.3, -0.25) is 4.79 Å². The highest BCUT2D eigenvalue weighted by Gasteiger charge is 2.15. The second kappa shape index (κ2) is 10.3. The Bertz CT molecular complexity index is 1150. The van der Waals surface area contributed by atoms with Gasteiger partial charge < -0.3 is 14.8 Å². The third-order valence-corrected chi connectivity index (χ3v) is 4.90. The Hall–Kier alpha value is -3.75. The molecule has 0 unspecified atom stereocenters. The quantitative estimate of drug-likeness (QED) is 0.379. The van der Waals surface area contributed by atoms with Crippen LogP contribution in [0.4, 0.5) is 5.69 Å². The zero-order valence-electron chi connectivity index (χ0n) is 17.2. The van der Waals surface area contributed by atoms with Crippen molar-refractivity contribution < 1.29 is 14.3 Å². The molecule has 3 rings (SSSR count). The molecule has 0 spiro atoms. The van der Waals surface area contributed by atoms with Crippen molar-refractivity contribution in [3.8, 4) is 17.6 Å². The van der Waals surface area contributed by atoms with E-state index in [0.717, 1.165) is 11.1 Å². The first-order valence-corrected chi connectivity index (χ1v) is 9.92. The lowest BCUT2D eigenvalue weighted by Gasteiger charge is -2.14. The van der Waals surface area contributed by atoms with Gasteiger partial charge in [0.05, 0.1) is 7.11 Å². The molecule has 0 aliphatic carbocycles. The maximum atomic E-state index is 12.6. The Morgan fingerprint density at radius 1 is 1.10 bits per heavy atom. The van der Waals surface area contributed by atoms with Gasteiger partial charge in [0, 0.05) is 21.8 Å². The summed E-state index contributed by atoms with van der Waals surface area (Å²) in [5.41, 5.74) is 2.98. The summed E-state index contributed by atoms with van der Waals surface area (Å²) in [6.07, 6.45) is 1.48. The van der Waals surface area contributed by atoms with E-state index in [1.807, 2.05) is 43.3 Å². The van der Waals surface area contributed by atoms with Crippen molar-refractivity contribution in [1.29, 1.82) is 5.26 Å². The van der Waals surface area contributed by atoms with Crippen LogP contribution in [0, 0.1) is 18.3 Å². The van der Waals surface area contributed by atoms with Crippen LogP contribution in [0.3, 0.4) is 0 Å². The Morgan fingerprint density at radius 2 is 1.84 bits per heavy atom. The van der Waals surface area contributed by atoms with Crippen molar-refractivity contribution in [2.45, 2.75) is 13.5 Å². The first kappa shape index (κ1) is 21.9. The first-order valence-electron chi connectivity index (χ1n) is 9.55. The number of hydrogen-bond donors (Lipinski definition) is 1. The number of para-hydroxylation sites is 1. The van der Waals surface area contributed by atoms with Gasteiger partial charge in [0.25, 0.3) is 5.91 Å². The van der Waals surface area contributed by atoms with Crippen LogP contribution in [0.25, 0.3) is 6.08 Å². The van der Waals surface area contributed by atoms with Crippen LogP contribution >= 0.6 is 11.6 Å². The van der Waals surface area contributed by atoms with Crippen molar-refractivity contribution in [3.63, 3.8) is 0 Å². The van der Waals surface area contributed by atoms with Gasteiger partial charge in [0.15, 0.2) is 11.5 Å². The molecule has 0 aliphatic rings. The summed E-state index contributed by atoms with van der Waals surface area (Å²) < 4.78 is 11.4. The summed E-state index contributed by atoms with van der Waals surface area (Å²) in [6.45, 7) is 2.16. The van der Waals surface area contributed by atoms with Crippen molar-refractivity contribution in [2.24, 2.45) is 0 Å². The van der Waals surface area contributed by atoms with Crippen LogP contribution in [0.15, 0.2) is 72.3 Å². The molecule has 3 aromatic rings. The van der Waals surface area contributed by atoms with Crippen LogP contribution in [-0.4, -0.2) is 13.0 Å². The lowest BCUT2D eigenvalue weighted by atomic mass is 10.1. The Kier molecular flexibility index (Phi) is 7.31. The van der Waals surface area contributed by atoms with Crippen LogP contribution in [0.2, 0.25) is 5.02 Å². The standard InChI is InChI=1S/C25H21ClN2O3/c1-17-10-12-21(13-11-17)28-25(29)20(15-27)14-18-7-5-9-23(30-2)24(18)31-16-19-6-3-4-8-22(19)26/h3-14H,16H2,1-2H3,(H,28,29)/b20-14+. The lowest BCUT2D eigenvalue weighted by molar-refractivity contribution is -0.112. The normalized spacial score (nSPS) is 10.8. The van der Waals surface area contributed by atoms with Gasteiger partial charge in [0.1, 0.15) is 18.2 Å². The number of nitriles is 1. The molecule has 31 heavy (non-hydrogen) atoms. The molecule has 0 heterocycles. The molecule has 5 nitrogen and oxygen atoms in total. The SMILES string of the molecule is COc1cccc(/C=C(\C#N)C(=O)Nc2ccc(C)cc2)c1OCc1ccccc1Cl. The highest BCUT2D eigenvalue weighted by Crippen LogP contribution is 2.34. The van der Waals surface area contributed by atoms with Gasteiger partial charge in [-0.15, -0.1) is 0 Å². The Balaban J connectivity index is 1.88. The number of nitrogens with zero attached hydrogens (tertiary/aromatic N) is 1. The number of aryl methyl sites for hydroxylation is 1. The molecule has 156 valence electrons. The molecule has 0 saturated heterocycles. The molecule has 0 bridgehead atoms. The van der Waals surface area contributed by atoms with E-state index in [-0.39, 0.29) is 12.2 Å². The minimum atomic E-state index is -0.508. The largest absolute Gasteiger partial charge is 0.493 e. The van der Waals surface area contributed by atoms with E-state index in [2.05, 4.69) is 5.32 Å². The number of hydrogen-bond acceptors (Lipinski definition) is 4. The molecule has 0 saturated carbocycles. The van der Waals surface area contributed by atoms with Gasteiger partial charge in [0.2, 0.25) is 0 Å². The fourth-order valence-electron chi connectivity index (χ4n) is 2.87. The molecule has 3 aromatic carbocycles. The Labute approximate surface area is 186 Å². The summed E-state index contributed by atoms with van der Waals surface area (Å²) in [7, 11) is 1.53. The van der Waals surface area contributed by atoms with Crippen LogP contribution in [0.5, 0.6) is 11.5 Å². The van der Waals surface area contributed by atoms with Gasteiger partial charge >= 0.3 is 0 Å². The molecule has 0 radical (unpaired) electrons.